The molecule has 0 N–H and O–H groups in total. The van der Waals surface area contributed by atoms with E-state index in [0.29, 0.717) is 11.3 Å². The van der Waals surface area contributed by atoms with Crippen LogP contribution >= 0.6 is 7.82 Å². The van der Waals surface area contributed by atoms with Crippen LogP contribution < -0.4 is 15.4 Å². The van der Waals surface area contributed by atoms with Crippen LogP contribution in [0.4, 0.5) is 34.6 Å². The smallest absolute Gasteiger partial charge is 0.322 e. The normalized spacial score (nSPS) is 14.6. The number of aromatic nitrogens is 1. The van der Waals surface area contributed by atoms with E-state index in [-0.39, 0.29) is 29.3 Å². The highest BCUT2D eigenvalue weighted by molar-refractivity contribution is 7.48. The number of phosphoric ester groups is 1. The molecule has 0 spiro atoms. The first-order valence-electron chi connectivity index (χ1n) is 14.0. The van der Waals surface area contributed by atoms with Crippen molar-refractivity contribution >= 4 is 30.8 Å². The van der Waals surface area contributed by atoms with Crippen molar-refractivity contribution in [1.82, 2.24) is 4.57 Å². The Bertz CT molecular complexity index is 1710. The van der Waals surface area contributed by atoms with Gasteiger partial charge < -0.3 is 4.90 Å². The standard InChI is InChI=1S/C31H36F4N3O6P/c1-19-15-22(32)10-12-24(19)36-17-37(28(40)23-11-9-21(16-26(23)36)31(33,34)35)25-13-14-27(39)38(20(25)2)18-42-45(41,43-29(3,4)5)44-30(6,7)8/h9-16H,17-18H2,1-8H3. The number of anilines is 3. The summed E-state index contributed by atoms with van der Waals surface area (Å²) in [6, 6.07) is 9.24. The predicted octanol–water partition coefficient (Wildman–Crippen LogP) is 8.09. The average Bonchev–Trinajstić information content (AvgIpc) is 2.87. The number of nitrogens with zero attached hydrogens (tertiary/aromatic N) is 3. The molecule has 0 radical (unpaired) electrons. The number of carbonyl (C=O) groups is 1. The van der Waals surface area contributed by atoms with Crippen molar-refractivity contribution in [2.24, 2.45) is 0 Å². The molecule has 0 fully saturated rings. The molecular weight excluding hydrogens is 617 g/mol. The number of pyridine rings is 1. The largest absolute Gasteiger partial charge is 0.477 e. The lowest BCUT2D eigenvalue weighted by Crippen LogP contribution is -2.46. The van der Waals surface area contributed by atoms with E-state index in [0.717, 1.165) is 22.8 Å². The van der Waals surface area contributed by atoms with Gasteiger partial charge in [-0.2, -0.15) is 13.2 Å². The second kappa shape index (κ2) is 12.0. The minimum Gasteiger partial charge on any atom is -0.322 e. The predicted molar refractivity (Wildman–Crippen MR) is 162 cm³/mol. The number of aryl methyl sites for hydroxylation is 1. The monoisotopic (exact) mass is 653 g/mol. The van der Waals surface area contributed by atoms with E-state index < -0.39 is 54.8 Å². The number of fused-ring (bicyclic) bond motifs is 1. The van der Waals surface area contributed by atoms with Gasteiger partial charge in [-0.3, -0.25) is 32.6 Å². The first-order valence-corrected chi connectivity index (χ1v) is 15.5. The van der Waals surface area contributed by atoms with Crippen LogP contribution in [-0.4, -0.2) is 28.3 Å². The second-order valence-electron chi connectivity index (χ2n) is 12.6. The molecule has 0 bridgehead atoms. The summed E-state index contributed by atoms with van der Waals surface area (Å²) in [7, 11) is -4.22. The van der Waals surface area contributed by atoms with E-state index in [9.17, 15) is 31.7 Å². The van der Waals surface area contributed by atoms with Gasteiger partial charge in [0.2, 0.25) is 0 Å². The van der Waals surface area contributed by atoms with Gasteiger partial charge in [-0.15, -0.1) is 0 Å². The maximum Gasteiger partial charge on any atom is 0.477 e. The Morgan fingerprint density at radius 3 is 1.96 bits per heavy atom. The topological polar surface area (TPSA) is 90.3 Å². The Labute approximate surface area is 258 Å². The zero-order valence-corrected chi connectivity index (χ0v) is 27.2. The molecule has 9 nitrogen and oxygen atoms in total. The van der Waals surface area contributed by atoms with E-state index in [1.54, 1.807) is 55.4 Å². The Balaban J connectivity index is 1.79. The summed E-state index contributed by atoms with van der Waals surface area (Å²) >= 11 is 0. The number of benzene rings is 2. The Morgan fingerprint density at radius 1 is 0.800 bits per heavy atom. The molecule has 4 rings (SSSR count). The number of carbonyl (C=O) groups excluding carboxylic acids is 1. The SMILES string of the molecule is Cc1cc(F)ccc1N1CN(c2ccc(=O)n(COP(=O)(OC(C)(C)C)OC(C)(C)C)c2C)C(=O)c2ccc(C(F)(F)F)cc21. The van der Waals surface area contributed by atoms with E-state index in [1.165, 1.54) is 40.1 Å². The summed E-state index contributed by atoms with van der Waals surface area (Å²) < 4.78 is 86.7. The molecule has 14 heteroatoms. The van der Waals surface area contributed by atoms with E-state index >= 15 is 0 Å². The highest BCUT2D eigenvalue weighted by Gasteiger charge is 2.39. The molecule has 0 aliphatic carbocycles. The number of rotatable bonds is 7. The fourth-order valence-electron chi connectivity index (χ4n) is 4.83. The van der Waals surface area contributed by atoms with Gasteiger partial charge in [0.25, 0.3) is 11.5 Å². The lowest BCUT2D eigenvalue weighted by Gasteiger charge is -2.39. The molecule has 0 unspecified atom stereocenters. The van der Waals surface area contributed by atoms with Crippen molar-refractivity contribution < 1.29 is 40.5 Å². The number of alkyl halides is 3. The third kappa shape index (κ3) is 7.84. The van der Waals surface area contributed by atoms with Crippen LogP contribution in [0, 0.1) is 19.7 Å². The maximum atomic E-state index is 14.0. The molecule has 0 saturated carbocycles. The molecular formula is C31H36F4N3O6P. The average molecular weight is 654 g/mol. The maximum absolute atomic E-state index is 14.0. The number of halogens is 4. The number of amides is 1. The molecule has 0 atom stereocenters. The summed E-state index contributed by atoms with van der Waals surface area (Å²) in [4.78, 5) is 29.6. The van der Waals surface area contributed by atoms with E-state index in [2.05, 4.69) is 0 Å². The van der Waals surface area contributed by atoms with Crippen LogP contribution in [0.3, 0.4) is 0 Å². The van der Waals surface area contributed by atoms with Gasteiger partial charge in [0.05, 0.1) is 33.7 Å². The molecule has 1 aromatic heterocycles. The first kappa shape index (κ1) is 34.4. The van der Waals surface area contributed by atoms with Crippen LogP contribution in [0.25, 0.3) is 0 Å². The Kier molecular flexibility index (Phi) is 9.18. The third-order valence-electron chi connectivity index (χ3n) is 6.66. The number of hydrogen-bond acceptors (Lipinski definition) is 7. The van der Waals surface area contributed by atoms with Crippen LogP contribution in [0.1, 0.15) is 68.7 Å². The van der Waals surface area contributed by atoms with Crippen molar-refractivity contribution in [1.29, 1.82) is 0 Å². The third-order valence-corrected chi connectivity index (χ3v) is 8.63. The van der Waals surface area contributed by atoms with Gasteiger partial charge in [0.15, 0.2) is 0 Å². The summed E-state index contributed by atoms with van der Waals surface area (Å²) in [6.45, 7) is 12.3. The van der Waals surface area contributed by atoms with Gasteiger partial charge in [0.1, 0.15) is 19.2 Å². The van der Waals surface area contributed by atoms with Crippen LogP contribution in [0.15, 0.2) is 53.3 Å². The highest BCUT2D eigenvalue weighted by atomic mass is 31.2. The van der Waals surface area contributed by atoms with Crippen LogP contribution in [0.5, 0.6) is 0 Å². The van der Waals surface area contributed by atoms with E-state index in [1.807, 2.05) is 0 Å². The van der Waals surface area contributed by atoms with Crippen molar-refractivity contribution in [3.8, 4) is 0 Å². The van der Waals surface area contributed by atoms with Crippen molar-refractivity contribution in [2.45, 2.75) is 79.5 Å². The van der Waals surface area contributed by atoms with Crippen molar-refractivity contribution in [3.05, 3.63) is 87.1 Å². The lowest BCUT2D eigenvalue weighted by molar-refractivity contribution is -0.137. The van der Waals surface area contributed by atoms with Crippen molar-refractivity contribution in [3.63, 3.8) is 0 Å². The summed E-state index contributed by atoms with van der Waals surface area (Å²) in [5.74, 6) is -1.15. The molecule has 3 aromatic rings. The molecule has 1 aliphatic rings. The zero-order chi connectivity index (χ0) is 33.7. The number of hydrogen-bond donors (Lipinski definition) is 0. The summed E-state index contributed by atoms with van der Waals surface area (Å²) in [6.07, 6.45) is -4.67. The van der Waals surface area contributed by atoms with Gasteiger partial charge in [-0.05, 0) is 103 Å². The zero-order valence-electron chi connectivity index (χ0n) is 26.3. The van der Waals surface area contributed by atoms with Gasteiger partial charge >= 0.3 is 14.0 Å². The summed E-state index contributed by atoms with van der Waals surface area (Å²) in [5.41, 5.74) is -2.10. The Morgan fingerprint density at radius 2 is 1.40 bits per heavy atom. The second-order valence-corrected chi connectivity index (χ2v) is 14.2. The minimum atomic E-state index is -4.67. The molecule has 2 aromatic carbocycles. The lowest BCUT2D eigenvalue weighted by atomic mass is 10.0. The minimum absolute atomic E-state index is 0.00492. The van der Waals surface area contributed by atoms with Gasteiger partial charge in [0, 0.05) is 17.4 Å². The molecule has 1 aliphatic heterocycles. The molecule has 0 saturated heterocycles. The molecule has 1 amide bonds. The molecule has 244 valence electrons. The Hall–Kier alpha value is -3.51. The van der Waals surface area contributed by atoms with Gasteiger partial charge in [-0.1, -0.05) is 0 Å². The van der Waals surface area contributed by atoms with Crippen molar-refractivity contribution in [2.75, 3.05) is 16.5 Å². The van der Waals surface area contributed by atoms with E-state index in [4.69, 9.17) is 13.6 Å². The summed E-state index contributed by atoms with van der Waals surface area (Å²) in [5, 5.41) is 0. The molecule has 45 heavy (non-hydrogen) atoms. The van der Waals surface area contributed by atoms with Gasteiger partial charge in [-0.25, -0.2) is 8.96 Å². The van der Waals surface area contributed by atoms with Crippen LogP contribution in [-0.2, 0) is 31.0 Å². The number of phosphoric acid groups is 1. The van der Waals surface area contributed by atoms with Crippen LogP contribution in [0.2, 0.25) is 0 Å². The fourth-order valence-corrected chi connectivity index (χ4v) is 6.57. The highest BCUT2D eigenvalue weighted by Crippen LogP contribution is 2.55. The quantitative estimate of drug-likeness (QED) is 0.188. The fraction of sp³-hybridized carbons (Fsp3) is 0.419. The molecule has 2 heterocycles. The first-order chi connectivity index (χ1) is 20.6.